The Balaban J connectivity index is 1.47. The fraction of sp³-hybridized carbons (Fsp3) is 0.233. The number of carboxylic acids is 1. The Hall–Kier alpha value is -4.50. The van der Waals surface area contributed by atoms with Crippen molar-refractivity contribution in [2.75, 3.05) is 25.0 Å². The smallest absolute Gasteiger partial charge is 0.335 e. The molecule has 8 nitrogen and oxygen atoms in total. The maximum Gasteiger partial charge on any atom is 0.335 e. The van der Waals surface area contributed by atoms with Gasteiger partial charge < -0.3 is 25.3 Å². The highest BCUT2D eigenvalue weighted by molar-refractivity contribution is 6.02. The number of hydrogen-bond acceptors (Lipinski definition) is 5. The van der Waals surface area contributed by atoms with Crippen molar-refractivity contribution in [3.8, 4) is 22.5 Å². The van der Waals surface area contributed by atoms with Crippen LogP contribution in [0.3, 0.4) is 0 Å². The Kier molecular flexibility index (Phi) is 5.48. The number of benzene rings is 3. The maximum absolute atomic E-state index is 16.6. The van der Waals surface area contributed by atoms with Crippen LogP contribution in [0.25, 0.3) is 44.5 Å². The summed E-state index contributed by atoms with van der Waals surface area (Å²) < 4.78 is 16.6. The molecule has 5 heterocycles. The van der Waals surface area contributed by atoms with E-state index in [1.54, 1.807) is 24.3 Å². The van der Waals surface area contributed by atoms with E-state index >= 15 is 4.39 Å². The number of pyridine rings is 1. The standard InChI is InChI=1S/C30H26FN5O3/c31-26-19(17-4-3-5-18(14-17)30(38)39)8-9-22-24(26)27(32-23-15-36-12-10-16(23)11-13-36)25(29(37)35-22)28-33-20-6-1-2-7-21(20)34-28/h1-9,14,16,23H,10-13,15H2,(H,33,34)(H,38,39)(H2,32,35,37)/t23-/m0/s1. The first kappa shape index (κ1) is 23.6. The van der Waals surface area contributed by atoms with Crippen LogP contribution in [0, 0.1) is 11.7 Å². The number of aromatic nitrogens is 3. The van der Waals surface area contributed by atoms with E-state index in [-0.39, 0.29) is 33.7 Å². The molecule has 3 aliphatic rings. The number of nitrogens with zero attached hydrogens (tertiary/aromatic N) is 2. The third-order valence-corrected chi connectivity index (χ3v) is 8.15. The number of imidazole rings is 1. The molecular formula is C30H26FN5O3. The van der Waals surface area contributed by atoms with Crippen molar-refractivity contribution >= 4 is 33.6 Å². The number of carboxylic acid groups (broad SMARTS) is 1. The quantitative estimate of drug-likeness (QED) is 0.255. The molecule has 2 bridgehead atoms. The second-order valence-corrected chi connectivity index (χ2v) is 10.4. The molecular weight excluding hydrogens is 497 g/mol. The number of para-hydroxylation sites is 2. The molecule has 9 heteroatoms. The number of anilines is 1. The molecule has 3 saturated heterocycles. The Morgan fingerprint density at radius 2 is 1.85 bits per heavy atom. The van der Waals surface area contributed by atoms with Crippen molar-refractivity contribution in [1.29, 1.82) is 0 Å². The van der Waals surface area contributed by atoms with E-state index in [9.17, 15) is 14.7 Å². The Morgan fingerprint density at radius 3 is 2.59 bits per heavy atom. The molecule has 0 saturated carbocycles. The van der Waals surface area contributed by atoms with E-state index in [2.05, 4.69) is 25.2 Å². The van der Waals surface area contributed by atoms with Crippen molar-refractivity contribution in [3.63, 3.8) is 0 Å². The lowest BCUT2D eigenvalue weighted by atomic mass is 9.83. The largest absolute Gasteiger partial charge is 0.478 e. The summed E-state index contributed by atoms with van der Waals surface area (Å²) in [6, 6.07) is 17.0. The first-order valence-corrected chi connectivity index (χ1v) is 13.1. The van der Waals surface area contributed by atoms with Crippen LogP contribution in [0.1, 0.15) is 23.2 Å². The van der Waals surface area contributed by atoms with Gasteiger partial charge in [-0.3, -0.25) is 4.79 Å². The van der Waals surface area contributed by atoms with E-state index in [4.69, 9.17) is 0 Å². The van der Waals surface area contributed by atoms with Gasteiger partial charge in [0.15, 0.2) is 0 Å². The topological polar surface area (TPSA) is 114 Å². The van der Waals surface area contributed by atoms with Crippen LogP contribution >= 0.6 is 0 Å². The number of hydrogen-bond donors (Lipinski definition) is 4. The van der Waals surface area contributed by atoms with Gasteiger partial charge in [0.1, 0.15) is 17.2 Å². The van der Waals surface area contributed by atoms with Crippen LogP contribution < -0.4 is 10.9 Å². The van der Waals surface area contributed by atoms with Gasteiger partial charge in [-0.2, -0.15) is 0 Å². The molecule has 8 rings (SSSR count). The average molecular weight is 524 g/mol. The summed E-state index contributed by atoms with van der Waals surface area (Å²) in [5.41, 5.74) is 2.91. The third-order valence-electron chi connectivity index (χ3n) is 8.15. The molecule has 0 spiro atoms. The molecule has 196 valence electrons. The summed E-state index contributed by atoms with van der Waals surface area (Å²) in [6.07, 6.45) is 2.10. The first-order chi connectivity index (χ1) is 19.0. The number of H-pyrrole nitrogens is 2. The Labute approximate surface area is 222 Å². The van der Waals surface area contributed by atoms with Crippen molar-refractivity contribution in [2.24, 2.45) is 5.92 Å². The second-order valence-electron chi connectivity index (χ2n) is 10.4. The summed E-state index contributed by atoms with van der Waals surface area (Å²) in [4.78, 5) is 38.3. The van der Waals surface area contributed by atoms with Gasteiger partial charge in [-0.05, 0) is 73.8 Å². The lowest BCUT2D eigenvalue weighted by Gasteiger charge is -2.45. The Bertz CT molecular complexity index is 1790. The van der Waals surface area contributed by atoms with Crippen LogP contribution in [-0.4, -0.2) is 56.6 Å². The van der Waals surface area contributed by atoms with Crippen LogP contribution in [-0.2, 0) is 0 Å². The zero-order valence-electron chi connectivity index (χ0n) is 21.0. The summed E-state index contributed by atoms with van der Waals surface area (Å²) in [7, 11) is 0. The van der Waals surface area contributed by atoms with E-state index in [1.165, 1.54) is 12.1 Å². The molecule has 1 atom stereocenters. The van der Waals surface area contributed by atoms with Gasteiger partial charge in [0, 0.05) is 18.2 Å². The van der Waals surface area contributed by atoms with Crippen LogP contribution in [0.4, 0.5) is 10.1 Å². The summed E-state index contributed by atoms with van der Waals surface area (Å²) in [5, 5.41) is 13.3. The van der Waals surface area contributed by atoms with Gasteiger partial charge >= 0.3 is 5.97 Å². The monoisotopic (exact) mass is 523 g/mol. The molecule has 5 aromatic rings. The fourth-order valence-corrected chi connectivity index (χ4v) is 6.15. The van der Waals surface area contributed by atoms with Gasteiger partial charge in [0.05, 0.1) is 33.2 Å². The molecule has 39 heavy (non-hydrogen) atoms. The van der Waals surface area contributed by atoms with Crippen LogP contribution in [0.15, 0.2) is 65.5 Å². The highest BCUT2D eigenvalue weighted by Gasteiger charge is 2.35. The van der Waals surface area contributed by atoms with Crippen molar-refractivity contribution in [3.05, 3.63) is 82.4 Å². The van der Waals surface area contributed by atoms with Gasteiger partial charge in [-0.15, -0.1) is 0 Å². The average Bonchev–Trinajstić information content (AvgIpc) is 3.37. The fourth-order valence-electron chi connectivity index (χ4n) is 6.15. The van der Waals surface area contributed by atoms with Crippen molar-refractivity contribution in [2.45, 2.75) is 18.9 Å². The van der Waals surface area contributed by atoms with Crippen molar-refractivity contribution < 1.29 is 14.3 Å². The normalized spacial score (nSPS) is 20.5. The van der Waals surface area contributed by atoms with E-state index in [0.29, 0.717) is 34.0 Å². The maximum atomic E-state index is 16.6. The second kappa shape index (κ2) is 9.06. The van der Waals surface area contributed by atoms with Gasteiger partial charge in [0.2, 0.25) is 0 Å². The molecule has 2 aromatic heterocycles. The summed E-state index contributed by atoms with van der Waals surface area (Å²) >= 11 is 0. The van der Waals surface area contributed by atoms with Crippen LogP contribution in [0.5, 0.6) is 0 Å². The molecule has 3 aliphatic heterocycles. The minimum atomic E-state index is -1.08. The molecule has 0 radical (unpaired) electrons. The molecule has 0 amide bonds. The van der Waals surface area contributed by atoms with Crippen molar-refractivity contribution in [1.82, 2.24) is 19.9 Å². The molecule has 0 aliphatic carbocycles. The van der Waals surface area contributed by atoms with E-state index < -0.39 is 11.8 Å². The van der Waals surface area contributed by atoms with Gasteiger partial charge in [-0.25, -0.2) is 14.2 Å². The van der Waals surface area contributed by atoms with Gasteiger partial charge in [-0.1, -0.05) is 24.3 Å². The molecule has 3 aromatic carbocycles. The lowest BCUT2D eigenvalue weighted by molar-refractivity contribution is 0.0697. The molecule has 4 N–H and O–H groups in total. The number of carbonyl (C=O) groups is 1. The predicted octanol–water partition coefficient (Wildman–Crippen LogP) is 5.08. The highest BCUT2D eigenvalue weighted by atomic mass is 19.1. The molecule has 0 unspecified atom stereocenters. The Morgan fingerprint density at radius 1 is 1.03 bits per heavy atom. The number of fused-ring (bicyclic) bond motifs is 5. The van der Waals surface area contributed by atoms with Crippen LogP contribution in [0.2, 0.25) is 0 Å². The molecule has 3 fully saturated rings. The summed E-state index contributed by atoms with van der Waals surface area (Å²) in [6.45, 7) is 2.92. The number of nitrogens with one attached hydrogen (secondary N) is 3. The van der Waals surface area contributed by atoms with E-state index in [1.807, 2.05) is 24.3 Å². The lowest BCUT2D eigenvalue weighted by Crippen LogP contribution is -2.53. The van der Waals surface area contributed by atoms with E-state index in [0.717, 1.165) is 38.0 Å². The predicted molar refractivity (Wildman–Crippen MR) is 149 cm³/mol. The zero-order valence-corrected chi connectivity index (χ0v) is 21.0. The number of aromatic amines is 2. The number of piperidine rings is 3. The SMILES string of the molecule is O=C(O)c1cccc(-c2ccc3[nH]c(=O)c(-c4nc5ccccc5[nH]4)c(N[C@H]4CN5CCC4CC5)c3c2F)c1. The highest BCUT2D eigenvalue weighted by Crippen LogP contribution is 2.39. The number of aromatic carboxylic acids is 1. The minimum Gasteiger partial charge on any atom is -0.478 e. The zero-order chi connectivity index (χ0) is 26.7. The third kappa shape index (κ3) is 3.97. The first-order valence-electron chi connectivity index (χ1n) is 13.1. The minimum absolute atomic E-state index is 0.0547. The van der Waals surface area contributed by atoms with Gasteiger partial charge in [0.25, 0.3) is 5.56 Å². The number of rotatable bonds is 5. The summed E-state index contributed by atoms with van der Waals surface area (Å²) in [5.74, 6) is -0.834. The number of halogens is 1.